The molecule has 4 nitrogen and oxygen atoms in total. The van der Waals surface area contributed by atoms with Gasteiger partial charge in [0.2, 0.25) is 0 Å². The van der Waals surface area contributed by atoms with E-state index in [9.17, 15) is 9.90 Å². The smallest absolute Gasteiger partial charge is 0.310 e. The van der Waals surface area contributed by atoms with Crippen LogP contribution in [-0.2, 0) is 9.53 Å². The molecular weight excluding hydrogens is 358 g/mol. The van der Waals surface area contributed by atoms with Crippen LogP contribution >= 0.6 is 11.3 Å². The van der Waals surface area contributed by atoms with Gasteiger partial charge in [-0.15, -0.1) is 11.3 Å². The van der Waals surface area contributed by atoms with Crippen LogP contribution in [0.1, 0.15) is 61.4 Å². The Balaban J connectivity index is 2.31. The van der Waals surface area contributed by atoms with Gasteiger partial charge >= 0.3 is 5.97 Å². The van der Waals surface area contributed by atoms with Crippen LogP contribution in [0.3, 0.4) is 0 Å². The molecule has 0 radical (unpaired) electrons. The summed E-state index contributed by atoms with van der Waals surface area (Å²) >= 11 is 1.69. The molecule has 27 heavy (non-hydrogen) atoms. The van der Waals surface area contributed by atoms with Crippen molar-refractivity contribution >= 4 is 35.0 Å². The van der Waals surface area contributed by atoms with E-state index in [1.165, 1.54) is 13.4 Å². The molecule has 144 valence electrons. The maximum atomic E-state index is 11.5. The average Bonchev–Trinajstić information content (AvgIpc) is 3.13. The van der Waals surface area contributed by atoms with Crippen LogP contribution in [0.25, 0.3) is 17.7 Å². The number of methoxy groups -OCH3 is 1. The van der Waals surface area contributed by atoms with E-state index in [4.69, 9.17) is 9.72 Å². The predicted octanol–water partition coefficient (Wildman–Crippen LogP) is 5.93. The topological polar surface area (TPSA) is 59.4 Å². The van der Waals surface area contributed by atoms with E-state index < -0.39 is 11.9 Å². The summed E-state index contributed by atoms with van der Waals surface area (Å²) in [6.45, 7) is 6.06. The third-order valence-corrected chi connectivity index (χ3v) is 5.56. The van der Waals surface area contributed by atoms with Gasteiger partial charge in [0.1, 0.15) is 0 Å². The number of nitrogens with zero attached hydrogens (tertiary/aromatic N) is 1. The third kappa shape index (κ3) is 5.54. The van der Waals surface area contributed by atoms with Gasteiger partial charge in [0.05, 0.1) is 30.0 Å². The number of aliphatic carboxylic acids is 1. The molecule has 0 fully saturated rings. The molecule has 1 aromatic carbocycles. The van der Waals surface area contributed by atoms with E-state index >= 15 is 0 Å². The van der Waals surface area contributed by atoms with Crippen LogP contribution in [0.4, 0.5) is 0 Å². The molecule has 1 aromatic heterocycles. The van der Waals surface area contributed by atoms with Gasteiger partial charge in [-0.1, -0.05) is 50.6 Å². The normalized spacial score (nSPS) is 14.3. The highest BCUT2D eigenvalue weighted by molar-refractivity contribution is 7.09. The van der Waals surface area contributed by atoms with E-state index in [0.717, 1.165) is 34.7 Å². The Labute approximate surface area is 165 Å². The number of carboxylic acid groups (broad SMARTS) is 1. The van der Waals surface area contributed by atoms with Gasteiger partial charge in [-0.05, 0) is 30.5 Å². The average molecular weight is 386 g/mol. The maximum Gasteiger partial charge on any atom is 0.310 e. The molecule has 2 unspecified atom stereocenters. The Morgan fingerprint density at radius 3 is 2.70 bits per heavy atom. The molecule has 0 aliphatic rings. The Bertz CT molecular complexity index is 822. The van der Waals surface area contributed by atoms with Gasteiger partial charge in [-0.3, -0.25) is 4.79 Å². The predicted molar refractivity (Wildman–Crippen MR) is 113 cm³/mol. The second kappa shape index (κ2) is 10.1. The molecule has 2 atom stereocenters. The fraction of sp³-hybridized carbons (Fsp3) is 0.364. The lowest BCUT2D eigenvalue weighted by molar-refractivity contribution is -0.139. The van der Waals surface area contributed by atoms with Gasteiger partial charge in [-0.25, -0.2) is 4.98 Å². The van der Waals surface area contributed by atoms with E-state index in [1.807, 2.05) is 36.4 Å². The minimum Gasteiger partial charge on any atom is -0.504 e. The van der Waals surface area contributed by atoms with E-state index in [1.54, 1.807) is 18.3 Å². The fourth-order valence-corrected chi connectivity index (χ4v) is 3.78. The highest BCUT2D eigenvalue weighted by Gasteiger charge is 2.20. The highest BCUT2D eigenvalue weighted by atomic mass is 32.1. The molecule has 2 aromatic rings. The van der Waals surface area contributed by atoms with Crippen molar-refractivity contribution in [3.05, 3.63) is 57.7 Å². The molecule has 0 saturated heterocycles. The summed E-state index contributed by atoms with van der Waals surface area (Å²) in [5, 5.41) is 12.6. The number of carbonyl (C=O) groups is 1. The number of hydrogen-bond acceptors (Lipinski definition) is 4. The van der Waals surface area contributed by atoms with Crippen molar-refractivity contribution in [1.29, 1.82) is 0 Å². The van der Waals surface area contributed by atoms with E-state index in [0.29, 0.717) is 11.5 Å². The van der Waals surface area contributed by atoms with Crippen molar-refractivity contribution in [3.63, 3.8) is 0 Å². The Hall–Kier alpha value is -2.40. The van der Waals surface area contributed by atoms with Crippen LogP contribution in [0.5, 0.6) is 0 Å². The van der Waals surface area contributed by atoms with E-state index in [2.05, 4.69) is 19.2 Å². The number of hydrogen-bond donors (Lipinski definition) is 1. The van der Waals surface area contributed by atoms with Gasteiger partial charge in [-0.2, -0.15) is 0 Å². The first-order valence-electron chi connectivity index (χ1n) is 9.16. The number of ether oxygens (including phenoxy) is 1. The monoisotopic (exact) mass is 385 g/mol. The van der Waals surface area contributed by atoms with Crippen LogP contribution < -0.4 is 0 Å². The lowest BCUT2D eigenvalue weighted by Gasteiger charge is -2.14. The summed E-state index contributed by atoms with van der Waals surface area (Å²) < 4.78 is 5.14. The van der Waals surface area contributed by atoms with Crippen LogP contribution in [0, 0.1) is 5.92 Å². The summed E-state index contributed by atoms with van der Waals surface area (Å²) in [6, 6.07) is 7.73. The molecular formula is C22H27NO3S. The first-order valence-corrected chi connectivity index (χ1v) is 10.0. The fourth-order valence-electron chi connectivity index (χ4n) is 2.90. The minimum atomic E-state index is -0.883. The van der Waals surface area contributed by atoms with Crippen molar-refractivity contribution < 1.29 is 14.6 Å². The van der Waals surface area contributed by atoms with Crippen molar-refractivity contribution in [3.8, 4) is 0 Å². The molecule has 2 rings (SSSR count). The van der Waals surface area contributed by atoms with Crippen LogP contribution in [-0.4, -0.2) is 23.2 Å². The largest absolute Gasteiger partial charge is 0.504 e. The number of aromatic nitrogens is 1. The molecule has 0 bridgehead atoms. The van der Waals surface area contributed by atoms with Crippen LogP contribution in [0.15, 0.2) is 35.9 Å². The van der Waals surface area contributed by atoms with Crippen molar-refractivity contribution in [2.75, 3.05) is 7.11 Å². The second-order valence-electron chi connectivity index (χ2n) is 6.59. The number of rotatable bonds is 9. The zero-order valence-corrected chi connectivity index (χ0v) is 17.1. The summed E-state index contributed by atoms with van der Waals surface area (Å²) in [5.41, 5.74) is 3.35. The van der Waals surface area contributed by atoms with Gasteiger partial charge in [0.15, 0.2) is 0 Å². The standard InChI is InChI=1S/C22H27NO3S/c1-5-8-15(2)21-23-18(14-27-21)12-11-17-9-6-7-10-19(17)20(13-26-4)16(3)22(24)25/h6-7,9-16H,5,8H2,1-4H3,(H,24,25)/b12-11+,20-13?. The third-order valence-electron chi connectivity index (χ3n) is 4.47. The Kier molecular flexibility index (Phi) is 7.80. The number of carboxylic acids is 1. The van der Waals surface area contributed by atoms with Gasteiger partial charge < -0.3 is 9.84 Å². The highest BCUT2D eigenvalue weighted by Crippen LogP contribution is 2.29. The molecule has 0 amide bonds. The molecule has 0 aliphatic heterocycles. The molecule has 0 aliphatic carbocycles. The SMILES string of the molecule is CCCC(C)c1nc(/C=C/c2ccccc2C(=COC)C(C)C(=O)O)cs1. The van der Waals surface area contributed by atoms with E-state index in [-0.39, 0.29) is 0 Å². The molecule has 1 N–H and O–H groups in total. The van der Waals surface area contributed by atoms with Crippen LogP contribution in [0.2, 0.25) is 0 Å². The zero-order chi connectivity index (χ0) is 19.8. The number of thiazole rings is 1. The molecule has 0 spiro atoms. The zero-order valence-electron chi connectivity index (χ0n) is 16.3. The lowest BCUT2D eigenvalue weighted by atomic mass is 9.91. The summed E-state index contributed by atoms with van der Waals surface area (Å²) in [4.78, 5) is 16.2. The van der Waals surface area contributed by atoms with Gasteiger partial charge in [0, 0.05) is 16.9 Å². The summed E-state index contributed by atoms with van der Waals surface area (Å²) in [7, 11) is 1.53. The molecule has 5 heteroatoms. The first kappa shape index (κ1) is 20.9. The first-order chi connectivity index (χ1) is 13.0. The van der Waals surface area contributed by atoms with Crippen molar-refractivity contribution in [2.45, 2.75) is 39.5 Å². The van der Waals surface area contributed by atoms with Gasteiger partial charge in [0.25, 0.3) is 0 Å². The maximum absolute atomic E-state index is 11.5. The Morgan fingerprint density at radius 1 is 1.30 bits per heavy atom. The minimum absolute atomic E-state index is 0.474. The molecule has 0 saturated carbocycles. The lowest BCUT2D eigenvalue weighted by Crippen LogP contribution is -2.12. The number of benzene rings is 1. The summed E-state index contributed by atoms with van der Waals surface area (Å²) in [6.07, 6.45) is 7.76. The quantitative estimate of drug-likeness (QED) is 0.544. The summed E-state index contributed by atoms with van der Waals surface area (Å²) in [5.74, 6) is -1.08. The Morgan fingerprint density at radius 2 is 2.04 bits per heavy atom. The van der Waals surface area contributed by atoms with Crippen molar-refractivity contribution in [2.24, 2.45) is 5.92 Å². The molecule has 1 heterocycles. The van der Waals surface area contributed by atoms with Crippen molar-refractivity contribution in [1.82, 2.24) is 4.98 Å². The second-order valence-corrected chi connectivity index (χ2v) is 7.48.